The van der Waals surface area contributed by atoms with Crippen LogP contribution in [-0.2, 0) is 10.0 Å². The van der Waals surface area contributed by atoms with Gasteiger partial charge in [0.15, 0.2) is 0 Å². The minimum absolute atomic E-state index is 0.245. The van der Waals surface area contributed by atoms with Crippen LogP contribution in [0.4, 0.5) is 0 Å². The quantitative estimate of drug-likeness (QED) is 0.831. The van der Waals surface area contributed by atoms with E-state index in [-0.39, 0.29) is 10.9 Å². The van der Waals surface area contributed by atoms with E-state index in [4.69, 9.17) is 11.6 Å². The smallest absolute Gasteiger partial charge is 0.243 e. The molecule has 1 aliphatic rings. The highest BCUT2D eigenvalue weighted by molar-refractivity contribution is 7.89. The number of sulfonamides is 1. The molecule has 0 unspecified atom stereocenters. The summed E-state index contributed by atoms with van der Waals surface area (Å²) >= 11 is 5.84. The first kappa shape index (κ1) is 17.4. The molecule has 1 aliphatic heterocycles. The second-order valence-corrected chi connectivity index (χ2v) is 8.71. The van der Waals surface area contributed by atoms with Crippen molar-refractivity contribution in [1.82, 2.24) is 19.1 Å². The first-order chi connectivity index (χ1) is 11.4. The van der Waals surface area contributed by atoms with Gasteiger partial charge in [-0.3, -0.25) is 0 Å². The van der Waals surface area contributed by atoms with E-state index in [2.05, 4.69) is 28.6 Å². The van der Waals surface area contributed by atoms with Gasteiger partial charge in [0.2, 0.25) is 10.0 Å². The average Bonchev–Trinajstić information content (AvgIpc) is 3.05. The van der Waals surface area contributed by atoms with Crippen LogP contribution >= 0.6 is 11.6 Å². The Kier molecular flexibility index (Phi) is 4.94. The molecule has 0 spiro atoms. The number of piperidine rings is 1. The molecule has 1 aromatic heterocycles. The van der Waals surface area contributed by atoms with Crippen LogP contribution in [-0.4, -0.2) is 40.6 Å². The summed E-state index contributed by atoms with van der Waals surface area (Å²) in [5.41, 5.74) is 0. The lowest BCUT2D eigenvalue weighted by molar-refractivity contribution is 0.269. The van der Waals surface area contributed by atoms with Crippen molar-refractivity contribution in [2.45, 2.75) is 43.5 Å². The lowest BCUT2D eigenvalue weighted by Crippen LogP contribution is -2.39. The average molecular weight is 369 g/mol. The molecule has 0 amide bonds. The molecular weight excluding hydrogens is 348 g/mol. The van der Waals surface area contributed by atoms with Gasteiger partial charge >= 0.3 is 0 Å². The molecular formula is C16H21ClN4O2S. The molecule has 6 nitrogen and oxygen atoms in total. The second kappa shape index (κ2) is 6.82. The predicted octanol–water partition coefficient (Wildman–Crippen LogP) is 3.08. The Bertz CT molecular complexity index is 794. The van der Waals surface area contributed by atoms with Crippen LogP contribution in [0.25, 0.3) is 0 Å². The fraction of sp³-hybridized carbons (Fsp3) is 0.500. The van der Waals surface area contributed by atoms with Gasteiger partial charge in [-0.25, -0.2) is 8.42 Å². The Balaban J connectivity index is 1.73. The minimum atomic E-state index is -3.46. The molecule has 24 heavy (non-hydrogen) atoms. The van der Waals surface area contributed by atoms with Crippen molar-refractivity contribution in [2.75, 3.05) is 13.1 Å². The number of halogens is 1. The zero-order valence-electron chi connectivity index (χ0n) is 13.8. The molecule has 0 aliphatic carbocycles. The molecule has 1 aromatic carbocycles. The van der Waals surface area contributed by atoms with E-state index in [9.17, 15) is 8.42 Å². The van der Waals surface area contributed by atoms with E-state index >= 15 is 0 Å². The van der Waals surface area contributed by atoms with Crippen molar-refractivity contribution in [1.29, 1.82) is 0 Å². The third-order valence-corrected chi connectivity index (χ3v) is 6.55. The first-order valence-corrected chi connectivity index (χ1v) is 9.86. The van der Waals surface area contributed by atoms with E-state index in [0.29, 0.717) is 24.0 Å². The van der Waals surface area contributed by atoms with Crippen LogP contribution in [0.3, 0.4) is 0 Å². The summed E-state index contributed by atoms with van der Waals surface area (Å²) in [7, 11) is -3.46. The molecule has 8 heteroatoms. The predicted molar refractivity (Wildman–Crippen MR) is 92.6 cm³/mol. The molecule has 3 rings (SSSR count). The molecule has 2 heterocycles. The maximum absolute atomic E-state index is 12.7. The molecule has 130 valence electrons. The Morgan fingerprint density at radius 1 is 1.17 bits per heavy atom. The van der Waals surface area contributed by atoms with Crippen molar-refractivity contribution in [3.05, 3.63) is 41.4 Å². The molecule has 0 saturated carbocycles. The summed E-state index contributed by atoms with van der Waals surface area (Å²) in [4.78, 5) is 0.289. The second-order valence-electron chi connectivity index (χ2n) is 6.34. The maximum atomic E-state index is 12.7. The number of hydrogen-bond donors (Lipinski definition) is 0. The standard InChI is InChI=1S/C16H21ClN4O2S/c1-12(2)16-19-18-11-21(16)14-7-9-20(10-8-14)24(22,23)15-5-3-13(17)4-6-15/h3-6,11-12,14H,7-10H2,1-2H3. The van der Waals surface area contributed by atoms with Gasteiger partial charge in [-0.15, -0.1) is 10.2 Å². The number of aromatic nitrogens is 3. The van der Waals surface area contributed by atoms with E-state index in [1.54, 1.807) is 34.9 Å². The van der Waals surface area contributed by atoms with Gasteiger partial charge in [-0.1, -0.05) is 25.4 Å². The third kappa shape index (κ3) is 3.34. The van der Waals surface area contributed by atoms with Crippen LogP contribution in [0.15, 0.2) is 35.5 Å². The van der Waals surface area contributed by atoms with Crippen LogP contribution in [0, 0.1) is 0 Å². The fourth-order valence-corrected chi connectivity index (χ4v) is 4.66. The Morgan fingerprint density at radius 3 is 2.38 bits per heavy atom. The van der Waals surface area contributed by atoms with Gasteiger partial charge in [0, 0.05) is 30.1 Å². The normalized spacial score (nSPS) is 17.5. The fourth-order valence-electron chi connectivity index (χ4n) is 3.06. The highest BCUT2D eigenvalue weighted by Gasteiger charge is 2.31. The summed E-state index contributed by atoms with van der Waals surface area (Å²) in [6.45, 7) is 5.15. The number of hydrogen-bond acceptors (Lipinski definition) is 4. The van der Waals surface area contributed by atoms with E-state index in [0.717, 1.165) is 18.7 Å². The van der Waals surface area contributed by atoms with E-state index < -0.39 is 10.0 Å². The van der Waals surface area contributed by atoms with Gasteiger partial charge in [-0.05, 0) is 37.1 Å². The highest BCUT2D eigenvalue weighted by Crippen LogP contribution is 2.29. The number of rotatable bonds is 4. The lowest BCUT2D eigenvalue weighted by atomic mass is 10.1. The van der Waals surface area contributed by atoms with Gasteiger partial charge < -0.3 is 4.57 Å². The third-order valence-electron chi connectivity index (χ3n) is 4.39. The summed E-state index contributed by atoms with van der Waals surface area (Å²) in [5.74, 6) is 1.25. The van der Waals surface area contributed by atoms with Crippen molar-refractivity contribution in [2.24, 2.45) is 0 Å². The Morgan fingerprint density at radius 2 is 1.79 bits per heavy atom. The zero-order chi connectivity index (χ0) is 17.3. The summed E-state index contributed by atoms with van der Waals surface area (Å²) in [6, 6.07) is 6.57. The van der Waals surface area contributed by atoms with Crippen LogP contribution < -0.4 is 0 Å². The molecule has 0 atom stereocenters. The van der Waals surface area contributed by atoms with Gasteiger partial charge in [0.05, 0.1) is 4.90 Å². The molecule has 1 fully saturated rings. The maximum Gasteiger partial charge on any atom is 0.243 e. The van der Waals surface area contributed by atoms with Crippen LogP contribution in [0.2, 0.25) is 5.02 Å². The van der Waals surface area contributed by atoms with Crippen molar-refractivity contribution < 1.29 is 8.42 Å². The van der Waals surface area contributed by atoms with E-state index in [1.165, 1.54) is 0 Å². The monoisotopic (exact) mass is 368 g/mol. The molecule has 0 N–H and O–H groups in total. The van der Waals surface area contributed by atoms with Crippen molar-refractivity contribution in [3.8, 4) is 0 Å². The topological polar surface area (TPSA) is 68.1 Å². The van der Waals surface area contributed by atoms with Crippen molar-refractivity contribution >= 4 is 21.6 Å². The molecule has 2 aromatic rings. The SMILES string of the molecule is CC(C)c1nncn1C1CCN(S(=O)(=O)c2ccc(Cl)cc2)CC1. The van der Waals surface area contributed by atoms with Crippen LogP contribution in [0.5, 0.6) is 0 Å². The minimum Gasteiger partial charge on any atom is -0.314 e. The van der Waals surface area contributed by atoms with Gasteiger partial charge in [0.25, 0.3) is 0 Å². The van der Waals surface area contributed by atoms with Crippen molar-refractivity contribution in [3.63, 3.8) is 0 Å². The summed E-state index contributed by atoms with van der Waals surface area (Å²) < 4.78 is 29.1. The number of nitrogens with zero attached hydrogens (tertiary/aromatic N) is 4. The largest absolute Gasteiger partial charge is 0.314 e. The highest BCUT2D eigenvalue weighted by atomic mass is 35.5. The number of benzene rings is 1. The Labute approximate surface area is 147 Å². The molecule has 0 radical (unpaired) electrons. The summed E-state index contributed by atoms with van der Waals surface area (Å²) in [6.07, 6.45) is 3.26. The summed E-state index contributed by atoms with van der Waals surface area (Å²) in [5, 5.41) is 8.72. The molecule has 1 saturated heterocycles. The lowest BCUT2D eigenvalue weighted by Gasteiger charge is -2.32. The van der Waals surface area contributed by atoms with E-state index in [1.807, 2.05) is 0 Å². The van der Waals surface area contributed by atoms with Crippen LogP contribution in [0.1, 0.15) is 44.5 Å². The first-order valence-electron chi connectivity index (χ1n) is 8.04. The molecule has 0 bridgehead atoms. The Hall–Kier alpha value is -1.44. The van der Waals surface area contributed by atoms with Gasteiger partial charge in [0.1, 0.15) is 12.2 Å². The zero-order valence-corrected chi connectivity index (χ0v) is 15.3. The van der Waals surface area contributed by atoms with Gasteiger partial charge in [-0.2, -0.15) is 4.31 Å².